The third kappa shape index (κ3) is 2.47. The second-order valence-electron chi connectivity index (χ2n) is 5.03. The highest BCUT2D eigenvalue weighted by atomic mass is 16.7. The van der Waals surface area contributed by atoms with E-state index in [4.69, 9.17) is 9.57 Å². The highest BCUT2D eigenvalue weighted by Gasteiger charge is 2.45. The molecule has 0 aromatic heterocycles. The van der Waals surface area contributed by atoms with Crippen LogP contribution in [0.4, 0.5) is 4.79 Å². The summed E-state index contributed by atoms with van der Waals surface area (Å²) >= 11 is 0. The number of rotatable bonds is 4. The van der Waals surface area contributed by atoms with Crippen molar-refractivity contribution in [3.05, 3.63) is 0 Å². The molecular formula is C13H24N2O3. The number of fused-ring (bicyclic) bond motifs is 2. The molecule has 0 aliphatic carbocycles. The first kappa shape index (κ1) is 13.6. The Hall–Kier alpha value is -0.810. The quantitative estimate of drug-likeness (QED) is 0.722. The summed E-state index contributed by atoms with van der Waals surface area (Å²) in [6.07, 6.45) is 4.06. The number of carbonyl (C=O) groups is 1. The van der Waals surface area contributed by atoms with Gasteiger partial charge in [-0.15, -0.1) is 0 Å². The van der Waals surface area contributed by atoms with Crippen molar-refractivity contribution in [1.29, 1.82) is 0 Å². The number of hydrogen-bond acceptors (Lipinski definition) is 4. The van der Waals surface area contributed by atoms with Crippen LogP contribution in [0.2, 0.25) is 0 Å². The van der Waals surface area contributed by atoms with Gasteiger partial charge in [0.1, 0.15) is 0 Å². The molecule has 2 unspecified atom stereocenters. The van der Waals surface area contributed by atoms with Crippen molar-refractivity contribution in [2.24, 2.45) is 0 Å². The Morgan fingerprint density at radius 2 is 1.89 bits per heavy atom. The Balaban J connectivity index is 2.00. The fourth-order valence-electron chi connectivity index (χ4n) is 3.42. The number of ether oxygens (including phenoxy) is 1. The Bertz CT molecular complexity index is 280. The van der Waals surface area contributed by atoms with Crippen LogP contribution in [0.25, 0.3) is 0 Å². The van der Waals surface area contributed by atoms with Crippen LogP contribution in [-0.2, 0) is 9.57 Å². The third-order valence-electron chi connectivity index (χ3n) is 4.14. The molecule has 0 aromatic carbocycles. The zero-order valence-electron chi connectivity index (χ0n) is 11.6. The molecule has 2 saturated heterocycles. The van der Waals surface area contributed by atoms with Crippen LogP contribution in [0.15, 0.2) is 0 Å². The number of hydrogen-bond donors (Lipinski definition) is 0. The third-order valence-corrected chi connectivity index (χ3v) is 4.14. The van der Waals surface area contributed by atoms with Gasteiger partial charge in [-0.05, 0) is 32.6 Å². The number of piperidine rings is 1. The van der Waals surface area contributed by atoms with E-state index in [0.29, 0.717) is 24.7 Å². The van der Waals surface area contributed by atoms with Gasteiger partial charge >= 0.3 is 6.09 Å². The van der Waals surface area contributed by atoms with Crippen molar-refractivity contribution >= 4 is 6.09 Å². The molecule has 0 aromatic rings. The molecule has 2 bridgehead atoms. The Labute approximate surface area is 109 Å². The molecule has 2 atom stereocenters. The van der Waals surface area contributed by atoms with Crippen molar-refractivity contribution in [1.82, 2.24) is 9.96 Å². The molecule has 0 saturated carbocycles. The first-order valence-electron chi connectivity index (χ1n) is 6.97. The maximum absolute atomic E-state index is 11.9. The molecular weight excluding hydrogens is 232 g/mol. The average Bonchev–Trinajstić information content (AvgIpc) is 2.63. The molecule has 2 fully saturated rings. The summed E-state index contributed by atoms with van der Waals surface area (Å²) in [4.78, 5) is 19.3. The second-order valence-corrected chi connectivity index (χ2v) is 5.03. The molecule has 2 aliphatic heterocycles. The summed E-state index contributed by atoms with van der Waals surface area (Å²) in [7, 11) is 1.73. The molecule has 2 rings (SSSR count). The van der Waals surface area contributed by atoms with Crippen LogP contribution in [0.5, 0.6) is 0 Å². The van der Waals surface area contributed by atoms with Crippen molar-refractivity contribution < 1.29 is 14.4 Å². The van der Waals surface area contributed by atoms with Crippen molar-refractivity contribution in [2.45, 2.75) is 57.7 Å². The van der Waals surface area contributed by atoms with Gasteiger partial charge in [-0.25, -0.2) is 4.79 Å². The van der Waals surface area contributed by atoms with E-state index in [1.54, 1.807) is 7.11 Å². The van der Waals surface area contributed by atoms with E-state index in [1.807, 2.05) is 16.9 Å². The summed E-state index contributed by atoms with van der Waals surface area (Å²) in [5.41, 5.74) is 0. The molecule has 5 heteroatoms. The Morgan fingerprint density at radius 3 is 2.33 bits per heavy atom. The second kappa shape index (κ2) is 5.89. The number of hydroxylamine groups is 2. The van der Waals surface area contributed by atoms with Crippen LogP contribution in [0.1, 0.15) is 39.5 Å². The molecule has 18 heavy (non-hydrogen) atoms. The van der Waals surface area contributed by atoms with Gasteiger partial charge in [0.25, 0.3) is 0 Å². The minimum atomic E-state index is -0.135. The van der Waals surface area contributed by atoms with Crippen LogP contribution >= 0.6 is 0 Å². The van der Waals surface area contributed by atoms with Gasteiger partial charge in [-0.1, -0.05) is 6.92 Å². The number of nitrogens with zero attached hydrogens (tertiary/aromatic N) is 2. The summed E-state index contributed by atoms with van der Waals surface area (Å²) in [5.74, 6) is 0. The maximum atomic E-state index is 11.9. The predicted octanol–water partition coefficient (Wildman–Crippen LogP) is 2.02. The highest BCUT2D eigenvalue weighted by molar-refractivity contribution is 5.69. The van der Waals surface area contributed by atoms with Gasteiger partial charge in [0.05, 0.1) is 13.7 Å². The maximum Gasteiger partial charge on any atom is 0.410 e. The van der Waals surface area contributed by atoms with Crippen molar-refractivity contribution in [3.8, 4) is 0 Å². The van der Waals surface area contributed by atoms with Gasteiger partial charge in [-0.3, -0.25) is 0 Å². The number of carbonyl (C=O) groups excluding carboxylic acids is 1. The van der Waals surface area contributed by atoms with E-state index in [2.05, 4.69) is 6.92 Å². The van der Waals surface area contributed by atoms with Gasteiger partial charge in [0.2, 0.25) is 0 Å². The predicted molar refractivity (Wildman–Crippen MR) is 68.1 cm³/mol. The Kier molecular flexibility index (Phi) is 4.45. The lowest BCUT2D eigenvalue weighted by Gasteiger charge is -2.41. The van der Waals surface area contributed by atoms with E-state index in [0.717, 1.165) is 32.2 Å². The largest absolute Gasteiger partial charge is 0.450 e. The van der Waals surface area contributed by atoms with Gasteiger partial charge < -0.3 is 14.5 Å². The highest BCUT2D eigenvalue weighted by Crippen LogP contribution is 2.37. The molecule has 0 radical (unpaired) electrons. The van der Waals surface area contributed by atoms with Crippen molar-refractivity contribution in [2.75, 3.05) is 20.3 Å². The minimum absolute atomic E-state index is 0.135. The first-order chi connectivity index (χ1) is 8.71. The molecule has 2 aliphatic rings. The number of amides is 1. The van der Waals surface area contributed by atoms with Gasteiger partial charge in [-0.2, -0.15) is 5.06 Å². The molecule has 104 valence electrons. The summed E-state index contributed by atoms with van der Waals surface area (Å²) in [6.45, 7) is 5.30. The molecule has 5 nitrogen and oxygen atoms in total. The monoisotopic (exact) mass is 256 g/mol. The lowest BCUT2D eigenvalue weighted by atomic mass is 9.97. The van der Waals surface area contributed by atoms with Crippen LogP contribution in [0.3, 0.4) is 0 Å². The van der Waals surface area contributed by atoms with E-state index in [1.165, 1.54) is 0 Å². The summed E-state index contributed by atoms with van der Waals surface area (Å²) in [6, 6.07) is 1.09. The molecule has 1 amide bonds. The van der Waals surface area contributed by atoms with Crippen LogP contribution < -0.4 is 0 Å². The normalized spacial score (nSPS) is 30.9. The zero-order valence-corrected chi connectivity index (χ0v) is 11.6. The van der Waals surface area contributed by atoms with Crippen molar-refractivity contribution in [3.63, 3.8) is 0 Å². The van der Waals surface area contributed by atoms with Crippen LogP contribution in [0, 0.1) is 0 Å². The minimum Gasteiger partial charge on any atom is -0.450 e. The van der Waals surface area contributed by atoms with E-state index in [-0.39, 0.29) is 6.09 Å². The topological polar surface area (TPSA) is 42.0 Å². The SMILES string of the molecule is CCOC(=O)N1C2CCC1CC(N(CC)OC)C2. The van der Waals surface area contributed by atoms with E-state index in [9.17, 15) is 4.79 Å². The lowest BCUT2D eigenvalue weighted by molar-refractivity contribution is -0.171. The van der Waals surface area contributed by atoms with Crippen LogP contribution in [-0.4, -0.2) is 54.4 Å². The molecule has 0 N–H and O–H groups in total. The molecule has 0 spiro atoms. The fraction of sp³-hybridized carbons (Fsp3) is 0.923. The van der Waals surface area contributed by atoms with Gasteiger partial charge in [0.15, 0.2) is 0 Å². The van der Waals surface area contributed by atoms with E-state index >= 15 is 0 Å². The first-order valence-corrected chi connectivity index (χ1v) is 6.97. The zero-order chi connectivity index (χ0) is 13.1. The summed E-state index contributed by atoms with van der Waals surface area (Å²) in [5, 5.41) is 2.04. The average molecular weight is 256 g/mol. The lowest BCUT2D eigenvalue weighted by Crippen LogP contribution is -2.52. The molecule has 2 heterocycles. The standard InChI is InChI=1S/C13H24N2O3/c1-4-14(17-3)12-8-10-6-7-11(9-12)15(10)13(16)18-5-2/h10-12H,4-9H2,1-3H3. The van der Waals surface area contributed by atoms with E-state index < -0.39 is 0 Å². The Morgan fingerprint density at radius 1 is 1.28 bits per heavy atom. The fourth-order valence-corrected chi connectivity index (χ4v) is 3.42. The van der Waals surface area contributed by atoms with Gasteiger partial charge in [0, 0.05) is 24.7 Å². The summed E-state index contributed by atoms with van der Waals surface area (Å²) < 4.78 is 5.15. The smallest absolute Gasteiger partial charge is 0.410 e.